The SMILES string of the molecule is COn1c(N[C@@H](C)c2ccc(C(F)(F)F)cc2)nc2c(c1=O)CN(C(=O)c1ccc(OC(F)(F)F)cc1)CC2. The Morgan fingerprint density at radius 1 is 1.03 bits per heavy atom. The van der Waals surface area contributed by atoms with Crippen molar-refractivity contribution in [3.05, 3.63) is 86.8 Å². The van der Waals surface area contributed by atoms with E-state index in [1.54, 1.807) is 6.92 Å². The first-order valence-corrected chi connectivity index (χ1v) is 11.5. The van der Waals surface area contributed by atoms with Crippen molar-refractivity contribution < 1.29 is 40.7 Å². The second-order valence-corrected chi connectivity index (χ2v) is 8.68. The van der Waals surface area contributed by atoms with Crippen LogP contribution in [-0.4, -0.2) is 40.5 Å². The minimum Gasteiger partial charge on any atom is -0.411 e. The van der Waals surface area contributed by atoms with E-state index in [0.29, 0.717) is 11.3 Å². The van der Waals surface area contributed by atoms with Crippen LogP contribution >= 0.6 is 0 Å². The summed E-state index contributed by atoms with van der Waals surface area (Å²) in [4.78, 5) is 37.2. The van der Waals surface area contributed by atoms with Crippen molar-refractivity contribution >= 4 is 11.9 Å². The van der Waals surface area contributed by atoms with Gasteiger partial charge in [-0.15, -0.1) is 17.9 Å². The summed E-state index contributed by atoms with van der Waals surface area (Å²) in [7, 11) is 1.24. The highest BCUT2D eigenvalue weighted by Gasteiger charge is 2.32. The number of carbonyl (C=O) groups excluding carboxylic acids is 1. The van der Waals surface area contributed by atoms with Crippen LogP contribution in [-0.2, 0) is 19.1 Å². The Kier molecular flexibility index (Phi) is 7.48. The molecule has 0 bridgehead atoms. The molecule has 3 aromatic rings. The van der Waals surface area contributed by atoms with E-state index in [1.807, 2.05) is 0 Å². The number of hydrogen-bond donors (Lipinski definition) is 1. The Morgan fingerprint density at radius 3 is 2.23 bits per heavy atom. The van der Waals surface area contributed by atoms with Crippen LogP contribution < -0.4 is 20.5 Å². The van der Waals surface area contributed by atoms with Gasteiger partial charge >= 0.3 is 12.5 Å². The molecule has 1 amide bonds. The molecule has 0 radical (unpaired) electrons. The number of ether oxygens (including phenoxy) is 1. The lowest BCUT2D eigenvalue weighted by molar-refractivity contribution is -0.274. The molecule has 2 aromatic carbocycles. The first-order valence-electron chi connectivity index (χ1n) is 11.5. The average Bonchev–Trinajstić information content (AvgIpc) is 2.87. The van der Waals surface area contributed by atoms with Gasteiger partial charge in [0.15, 0.2) is 0 Å². The molecule has 0 unspecified atom stereocenters. The zero-order chi connectivity index (χ0) is 28.5. The fraction of sp³-hybridized carbons (Fsp3) is 0.320. The van der Waals surface area contributed by atoms with E-state index in [1.165, 1.54) is 36.3 Å². The molecular weight excluding hydrogens is 534 g/mol. The minimum absolute atomic E-state index is 0.0358. The van der Waals surface area contributed by atoms with Crippen molar-refractivity contribution in [2.24, 2.45) is 0 Å². The molecule has 0 spiro atoms. The molecule has 1 aliphatic rings. The predicted octanol–water partition coefficient (Wildman–Crippen LogP) is 4.59. The third-order valence-corrected chi connectivity index (χ3v) is 6.08. The van der Waals surface area contributed by atoms with Gasteiger partial charge in [0.2, 0.25) is 5.95 Å². The van der Waals surface area contributed by atoms with Gasteiger partial charge in [-0.25, -0.2) is 4.98 Å². The summed E-state index contributed by atoms with van der Waals surface area (Å²) >= 11 is 0. The smallest absolute Gasteiger partial charge is 0.411 e. The first-order chi connectivity index (χ1) is 18.3. The normalized spacial score (nSPS) is 14.4. The van der Waals surface area contributed by atoms with Gasteiger partial charge in [-0.1, -0.05) is 12.1 Å². The molecule has 0 aliphatic carbocycles. The Hall–Kier alpha value is -4.23. The van der Waals surface area contributed by atoms with Crippen LogP contribution in [0.2, 0.25) is 0 Å². The Bertz CT molecular complexity index is 1400. The number of hydrogen-bond acceptors (Lipinski definition) is 6. The highest BCUT2D eigenvalue weighted by Crippen LogP contribution is 2.30. The maximum Gasteiger partial charge on any atom is 0.573 e. The van der Waals surface area contributed by atoms with E-state index in [0.717, 1.165) is 29.0 Å². The molecular formula is C25H22F6N4O4. The molecule has 208 valence electrons. The lowest BCUT2D eigenvalue weighted by Crippen LogP contribution is -2.42. The predicted molar refractivity (Wildman–Crippen MR) is 126 cm³/mol. The Morgan fingerprint density at radius 2 is 1.67 bits per heavy atom. The number of nitrogens with one attached hydrogen (secondary N) is 1. The summed E-state index contributed by atoms with van der Waals surface area (Å²) in [5.41, 5.74) is -0.146. The van der Waals surface area contributed by atoms with E-state index < -0.39 is 41.4 Å². The highest BCUT2D eigenvalue weighted by atomic mass is 19.4. The molecule has 39 heavy (non-hydrogen) atoms. The van der Waals surface area contributed by atoms with Crippen LogP contribution in [0, 0.1) is 0 Å². The average molecular weight is 556 g/mol. The van der Waals surface area contributed by atoms with Crippen molar-refractivity contribution in [2.75, 3.05) is 19.0 Å². The summed E-state index contributed by atoms with van der Waals surface area (Å²) in [6.45, 7) is 1.75. The molecule has 8 nitrogen and oxygen atoms in total. The van der Waals surface area contributed by atoms with Crippen molar-refractivity contribution in [2.45, 2.75) is 38.5 Å². The molecule has 0 saturated heterocycles. The fourth-order valence-corrected chi connectivity index (χ4v) is 4.11. The summed E-state index contributed by atoms with van der Waals surface area (Å²) < 4.78 is 80.4. The quantitative estimate of drug-likeness (QED) is 0.447. The number of carbonyl (C=O) groups is 1. The van der Waals surface area contributed by atoms with Gasteiger partial charge in [0.1, 0.15) is 12.9 Å². The number of aromatic nitrogens is 2. The number of nitrogens with zero attached hydrogens (tertiary/aromatic N) is 3. The molecule has 0 fully saturated rings. The molecule has 1 aromatic heterocycles. The summed E-state index contributed by atoms with van der Waals surface area (Å²) in [5, 5.41) is 2.98. The Balaban J connectivity index is 1.52. The molecule has 4 rings (SSSR count). The van der Waals surface area contributed by atoms with Crippen molar-refractivity contribution in [1.29, 1.82) is 0 Å². The second kappa shape index (κ2) is 10.5. The van der Waals surface area contributed by atoms with Crippen molar-refractivity contribution in [3.8, 4) is 5.75 Å². The van der Waals surface area contributed by atoms with E-state index in [-0.39, 0.29) is 36.6 Å². The molecule has 1 atom stereocenters. The second-order valence-electron chi connectivity index (χ2n) is 8.68. The van der Waals surface area contributed by atoms with Crippen LogP contribution in [0.5, 0.6) is 5.75 Å². The van der Waals surface area contributed by atoms with Gasteiger partial charge in [-0.2, -0.15) is 13.2 Å². The summed E-state index contributed by atoms with van der Waals surface area (Å²) in [6, 6.07) is 8.45. The standard InChI is InChI=1S/C25H22F6N4O4/c1-14(15-3-7-17(8-4-15)24(26,27)28)32-23-33-20-11-12-34(13-19(20)22(37)35(23)38-2)21(36)16-5-9-18(10-6-16)39-25(29,30)31/h3-10,14H,11-13H2,1-2H3,(H,32,33)/t14-/m0/s1. The largest absolute Gasteiger partial charge is 0.573 e. The van der Waals surface area contributed by atoms with Crippen LogP contribution in [0.4, 0.5) is 32.3 Å². The van der Waals surface area contributed by atoms with E-state index in [4.69, 9.17) is 4.84 Å². The number of benzene rings is 2. The van der Waals surface area contributed by atoms with Crippen molar-refractivity contribution in [3.63, 3.8) is 0 Å². The number of rotatable bonds is 6. The van der Waals surface area contributed by atoms with Crippen LogP contribution in [0.3, 0.4) is 0 Å². The van der Waals surface area contributed by atoms with E-state index in [9.17, 15) is 35.9 Å². The third-order valence-electron chi connectivity index (χ3n) is 6.08. The summed E-state index contributed by atoms with van der Waals surface area (Å²) in [6.07, 6.45) is -9.12. The van der Waals surface area contributed by atoms with Gasteiger partial charge in [0.25, 0.3) is 11.5 Å². The van der Waals surface area contributed by atoms with Crippen LogP contribution in [0.1, 0.15) is 45.7 Å². The highest BCUT2D eigenvalue weighted by molar-refractivity contribution is 5.94. The topological polar surface area (TPSA) is 85.7 Å². The minimum atomic E-state index is -4.86. The molecule has 14 heteroatoms. The van der Waals surface area contributed by atoms with E-state index in [2.05, 4.69) is 15.0 Å². The maximum absolute atomic E-state index is 13.2. The van der Waals surface area contributed by atoms with Crippen LogP contribution in [0.15, 0.2) is 53.3 Å². The zero-order valence-electron chi connectivity index (χ0n) is 20.6. The Labute approximate surface area is 217 Å². The van der Waals surface area contributed by atoms with Crippen molar-refractivity contribution in [1.82, 2.24) is 14.6 Å². The summed E-state index contributed by atoms with van der Waals surface area (Å²) in [5.74, 6) is -0.935. The lowest BCUT2D eigenvalue weighted by atomic mass is 10.0. The monoisotopic (exact) mass is 556 g/mol. The zero-order valence-corrected chi connectivity index (χ0v) is 20.6. The number of fused-ring (bicyclic) bond motifs is 1. The fourth-order valence-electron chi connectivity index (χ4n) is 4.11. The first kappa shape index (κ1) is 27.8. The maximum atomic E-state index is 13.2. The number of alkyl halides is 6. The van der Waals surface area contributed by atoms with Gasteiger partial charge in [-0.3, -0.25) is 9.59 Å². The number of anilines is 1. The molecule has 1 N–H and O–H groups in total. The van der Waals surface area contributed by atoms with E-state index >= 15 is 0 Å². The van der Waals surface area contributed by atoms with Gasteiger partial charge in [0, 0.05) is 18.5 Å². The molecule has 2 heterocycles. The van der Waals surface area contributed by atoms with Gasteiger partial charge < -0.3 is 19.8 Å². The van der Waals surface area contributed by atoms with Crippen LogP contribution in [0.25, 0.3) is 0 Å². The van der Waals surface area contributed by atoms with Gasteiger partial charge in [0.05, 0.1) is 29.4 Å². The number of amides is 1. The molecule has 1 aliphatic heterocycles. The molecule has 0 saturated carbocycles. The van der Waals surface area contributed by atoms with Gasteiger partial charge in [-0.05, 0) is 48.9 Å². The lowest BCUT2D eigenvalue weighted by Gasteiger charge is -2.29. The number of halogens is 6. The third kappa shape index (κ3) is 6.26.